The van der Waals surface area contributed by atoms with E-state index in [1.807, 2.05) is 16.9 Å². The quantitative estimate of drug-likeness (QED) is 0.780. The number of nitrogens with zero attached hydrogens (tertiary/aromatic N) is 2. The predicted octanol–water partition coefficient (Wildman–Crippen LogP) is 2.68. The van der Waals surface area contributed by atoms with E-state index < -0.39 is 0 Å². The van der Waals surface area contributed by atoms with Crippen molar-refractivity contribution < 1.29 is 4.39 Å². The van der Waals surface area contributed by atoms with E-state index in [9.17, 15) is 4.39 Å². The van der Waals surface area contributed by atoms with Gasteiger partial charge in [0, 0.05) is 6.20 Å². The molecular weight excluding hydrogens is 294 g/mol. The van der Waals surface area contributed by atoms with Crippen LogP contribution in [0.1, 0.15) is 5.56 Å². The molecule has 0 unspecified atom stereocenters. The number of hydrogen-bond acceptors (Lipinski definition) is 1. The minimum Gasteiger partial charge on any atom is -0.267 e. The maximum Gasteiger partial charge on any atom is 0.123 e. The lowest BCUT2D eigenvalue weighted by molar-refractivity contribution is 0.624. The maximum atomic E-state index is 12.6. The Labute approximate surface area is 94.9 Å². The second-order valence-corrected chi connectivity index (χ2v) is 4.07. The van der Waals surface area contributed by atoms with Crippen LogP contribution in [0.2, 0.25) is 0 Å². The first-order valence-corrected chi connectivity index (χ1v) is 5.25. The van der Waals surface area contributed by atoms with Crippen LogP contribution >= 0.6 is 22.6 Å². The Hall–Kier alpha value is -0.910. The third-order valence-electron chi connectivity index (χ3n) is 1.87. The molecule has 0 aliphatic carbocycles. The monoisotopic (exact) mass is 302 g/mol. The molecule has 0 aliphatic heterocycles. The average Bonchev–Trinajstić information content (AvgIpc) is 2.56. The van der Waals surface area contributed by atoms with E-state index >= 15 is 0 Å². The van der Waals surface area contributed by atoms with Gasteiger partial charge in [0.1, 0.15) is 9.52 Å². The van der Waals surface area contributed by atoms with Gasteiger partial charge in [0.15, 0.2) is 0 Å². The van der Waals surface area contributed by atoms with Gasteiger partial charge in [-0.15, -0.1) is 0 Å². The Balaban J connectivity index is 2.15. The molecule has 1 aromatic heterocycles. The molecule has 0 saturated carbocycles. The number of hydrogen-bond donors (Lipinski definition) is 0. The number of aromatic nitrogens is 2. The van der Waals surface area contributed by atoms with Crippen LogP contribution in [0.15, 0.2) is 36.5 Å². The molecule has 0 saturated heterocycles. The van der Waals surface area contributed by atoms with Crippen molar-refractivity contribution in [1.29, 1.82) is 0 Å². The van der Waals surface area contributed by atoms with Gasteiger partial charge in [-0.05, 0) is 46.4 Å². The van der Waals surface area contributed by atoms with Gasteiger partial charge >= 0.3 is 0 Å². The zero-order valence-electron chi connectivity index (χ0n) is 7.32. The largest absolute Gasteiger partial charge is 0.267 e. The van der Waals surface area contributed by atoms with Crippen LogP contribution in [-0.4, -0.2) is 9.78 Å². The molecular formula is C10H8FIN2. The van der Waals surface area contributed by atoms with Gasteiger partial charge in [-0.1, -0.05) is 12.1 Å². The number of rotatable bonds is 2. The normalized spacial score (nSPS) is 10.4. The number of benzene rings is 1. The van der Waals surface area contributed by atoms with E-state index in [1.54, 1.807) is 12.1 Å². The van der Waals surface area contributed by atoms with Crippen molar-refractivity contribution in [3.05, 3.63) is 51.6 Å². The highest BCUT2D eigenvalue weighted by Crippen LogP contribution is 2.06. The highest BCUT2D eigenvalue weighted by Gasteiger charge is 1.97. The van der Waals surface area contributed by atoms with Gasteiger partial charge in [0.25, 0.3) is 0 Å². The third kappa shape index (κ3) is 2.31. The van der Waals surface area contributed by atoms with Gasteiger partial charge in [-0.2, -0.15) is 5.10 Å². The molecule has 1 heterocycles. The fraction of sp³-hybridized carbons (Fsp3) is 0.100. The molecule has 0 aliphatic rings. The van der Waals surface area contributed by atoms with Crippen LogP contribution in [0, 0.1) is 9.52 Å². The lowest BCUT2D eigenvalue weighted by atomic mass is 10.2. The minimum absolute atomic E-state index is 0.205. The second-order valence-electron chi connectivity index (χ2n) is 2.96. The van der Waals surface area contributed by atoms with Crippen molar-refractivity contribution in [1.82, 2.24) is 9.78 Å². The summed E-state index contributed by atoms with van der Waals surface area (Å²) in [5.41, 5.74) is 1.05. The number of halogens is 2. The first-order valence-electron chi connectivity index (χ1n) is 4.17. The van der Waals surface area contributed by atoms with E-state index in [1.165, 1.54) is 12.1 Å². The highest BCUT2D eigenvalue weighted by atomic mass is 127. The molecule has 0 spiro atoms. The molecule has 2 aromatic rings. The van der Waals surface area contributed by atoms with Gasteiger partial charge in [0.2, 0.25) is 0 Å². The zero-order chi connectivity index (χ0) is 9.97. The van der Waals surface area contributed by atoms with E-state index in [0.717, 1.165) is 9.26 Å². The summed E-state index contributed by atoms with van der Waals surface area (Å²) in [6, 6.07) is 8.39. The Morgan fingerprint density at radius 1 is 1.21 bits per heavy atom. The highest BCUT2D eigenvalue weighted by molar-refractivity contribution is 14.1. The summed E-state index contributed by atoms with van der Waals surface area (Å²) in [4.78, 5) is 0. The van der Waals surface area contributed by atoms with Gasteiger partial charge in [-0.25, -0.2) is 4.39 Å². The molecule has 14 heavy (non-hydrogen) atoms. The summed E-state index contributed by atoms with van der Waals surface area (Å²) in [7, 11) is 0. The lowest BCUT2D eigenvalue weighted by Crippen LogP contribution is -2.00. The average molecular weight is 302 g/mol. The molecule has 0 amide bonds. The summed E-state index contributed by atoms with van der Waals surface area (Å²) < 4.78 is 15.4. The Morgan fingerprint density at radius 3 is 2.50 bits per heavy atom. The zero-order valence-corrected chi connectivity index (χ0v) is 9.48. The SMILES string of the molecule is Fc1ccc(Cn2ccc(I)n2)cc1. The van der Waals surface area contributed by atoms with Gasteiger partial charge < -0.3 is 0 Å². The fourth-order valence-corrected chi connectivity index (χ4v) is 1.64. The molecule has 72 valence electrons. The molecule has 2 rings (SSSR count). The summed E-state index contributed by atoms with van der Waals surface area (Å²) in [5.74, 6) is -0.205. The molecule has 0 radical (unpaired) electrons. The van der Waals surface area contributed by atoms with E-state index in [4.69, 9.17) is 0 Å². The lowest BCUT2D eigenvalue weighted by Gasteiger charge is -2.00. The Morgan fingerprint density at radius 2 is 1.93 bits per heavy atom. The first kappa shape index (κ1) is 9.64. The smallest absolute Gasteiger partial charge is 0.123 e. The third-order valence-corrected chi connectivity index (χ3v) is 2.44. The summed E-state index contributed by atoms with van der Waals surface area (Å²) >= 11 is 2.16. The molecule has 2 nitrogen and oxygen atoms in total. The minimum atomic E-state index is -0.205. The van der Waals surface area contributed by atoms with Gasteiger partial charge in [-0.3, -0.25) is 4.68 Å². The summed E-state index contributed by atoms with van der Waals surface area (Å²) in [6.07, 6.45) is 1.91. The van der Waals surface area contributed by atoms with Crippen molar-refractivity contribution in [2.75, 3.05) is 0 Å². The van der Waals surface area contributed by atoms with E-state index in [0.29, 0.717) is 6.54 Å². The molecule has 0 bridgehead atoms. The van der Waals surface area contributed by atoms with Crippen molar-refractivity contribution in [3.63, 3.8) is 0 Å². The van der Waals surface area contributed by atoms with E-state index in [2.05, 4.69) is 27.7 Å². The van der Waals surface area contributed by atoms with Crippen molar-refractivity contribution in [2.45, 2.75) is 6.54 Å². The molecule has 4 heteroatoms. The molecule has 1 aromatic carbocycles. The first-order chi connectivity index (χ1) is 6.74. The Bertz CT molecular complexity index is 422. The van der Waals surface area contributed by atoms with Gasteiger partial charge in [0.05, 0.1) is 6.54 Å². The van der Waals surface area contributed by atoms with Crippen LogP contribution in [-0.2, 0) is 6.54 Å². The van der Waals surface area contributed by atoms with Crippen LogP contribution in [0.4, 0.5) is 4.39 Å². The molecule has 0 N–H and O–H groups in total. The molecule has 0 atom stereocenters. The maximum absolute atomic E-state index is 12.6. The van der Waals surface area contributed by atoms with Crippen LogP contribution in [0.5, 0.6) is 0 Å². The van der Waals surface area contributed by atoms with Crippen molar-refractivity contribution in [2.24, 2.45) is 0 Å². The van der Waals surface area contributed by atoms with Crippen molar-refractivity contribution in [3.8, 4) is 0 Å². The van der Waals surface area contributed by atoms with Crippen molar-refractivity contribution >= 4 is 22.6 Å². The topological polar surface area (TPSA) is 17.8 Å². The Kier molecular flexibility index (Phi) is 2.81. The second kappa shape index (κ2) is 4.08. The summed E-state index contributed by atoms with van der Waals surface area (Å²) in [5, 5.41) is 4.24. The molecule has 0 fully saturated rings. The van der Waals surface area contributed by atoms with Crippen LogP contribution in [0.3, 0.4) is 0 Å². The fourth-order valence-electron chi connectivity index (χ4n) is 1.20. The summed E-state index contributed by atoms with van der Waals surface area (Å²) in [6.45, 7) is 0.684. The van der Waals surface area contributed by atoms with Crippen LogP contribution < -0.4 is 0 Å². The van der Waals surface area contributed by atoms with Crippen LogP contribution in [0.25, 0.3) is 0 Å². The standard InChI is InChI=1S/C10H8FIN2/c11-9-3-1-8(2-4-9)7-14-6-5-10(12)13-14/h1-6H,7H2. The predicted molar refractivity (Wildman–Crippen MR) is 60.4 cm³/mol. The van der Waals surface area contributed by atoms with E-state index in [-0.39, 0.29) is 5.82 Å².